The summed E-state index contributed by atoms with van der Waals surface area (Å²) in [6, 6.07) is 5.24. The van der Waals surface area contributed by atoms with Gasteiger partial charge >= 0.3 is 0 Å². The molecule has 1 amide bonds. The summed E-state index contributed by atoms with van der Waals surface area (Å²) < 4.78 is 10.6. The summed E-state index contributed by atoms with van der Waals surface area (Å²) in [5.41, 5.74) is 1.26. The number of amides is 1. The van der Waals surface area contributed by atoms with E-state index < -0.39 is 0 Å². The molecule has 5 nitrogen and oxygen atoms in total. The molecule has 2 aromatic rings. The molecule has 0 bridgehead atoms. The second-order valence-electron chi connectivity index (χ2n) is 5.53. The van der Waals surface area contributed by atoms with Crippen molar-refractivity contribution < 1.29 is 14.3 Å². The highest BCUT2D eigenvalue weighted by Gasteiger charge is 2.19. The number of para-hydroxylation sites is 1. The molecular weight excluding hydrogens is 348 g/mol. The van der Waals surface area contributed by atoms with E-state index in [-0.39, 0.29) is 11.8 Å². The predicted octanol–water partition coefficient (Wildman–Crippen LogP) is 4.51. The van der Waals surface area contributed by atoms with Crippen molar-refractivity contribution in [2.24, 2.45) is 0 Å². The summed E-state index contributed by atoms with van der Waals surface area (Å²) in [5.74, 6) is 0.515. The van der Waals surface area contributed by atoms with Crippen LogP contribution >= 0.6 is 22.9 Å². The van der Waals surface area contributed by atoms with Gasteiger partial charge in [0.2, 0.25) is 0 Å². The van der Waals surface area contributed by atoms with E-state index in [1.807, 2.05) is 6.92 Å². The van der Waals surface area contributed by atoms with Gasteiger partial charge in [0.1, 0.15) is 11.5 Å². The van der Waals surface area contributed by atoms with Crippen LogP contribution in [0.1, 0.15) is 40.1 Å². The average molecular weight is 369 g/mol. The number of aryl methyl sites for hydroxylation is 1. The topological polar surface area (TPSA) is 60.5 Å². The molecule has 0 fully saturated rings. The maximum absolute atomic E-state index is 12.6. The minimum Gasteiger partial charge on any atom is -0.487 e. The first-order valence-electron chi connectivity index (χ1n) is 7.63. The molecular formula is C17H21ClN2O3S. The molecule has 0 aliphatic rings. The number of carbonyl (C=O) groups is 1. The molecule has 1 heterocycles. The summed E-state index contributed by atoms with van der Waals surface area (Å²) in [7, 11) is 1.59. The van der Waals surface area contributed by atoms with Crippen molar-refractivity contribution >= 4 is 34.5 Å². The van der Waals surface area contributed by atoms with Crippen LogP contribution in [0.2, 0.25) is 5.02 Å². The molecule has 24 heavy (non-hydrogen) atoms. The van der Waals surface area contributed by atoms with Crippen LogP contribution in [-0.2, 0) is 4.74 Å². The van der Waals surface area contributed by atoms with Crippen molar-refractivity contribution in [1.29, 1.82) is 0 Å². The van der Waals surface area contributed by atoms with E-state index in [1.165, 1.54) is 11.3 Å². The lowest BCUT2D eigenvalue weighted by atomic mass is 10.2. The lowest BCUT2D eigenvalue weighted by molar-refractivity contribution is 0.102. The van der Waals surface area contributed by atoms with Crippen LogP contribution in [0.15, 0.2) is 18.2 Å². The minimum absolute atomic E-state index is 0.212. The molecule has 7 heteroatoms. The van der Waals surface area contributed by atoms with Gasteiger partial charge in [-0.05, 0) is 19.1 Å². The Bertz CT molecular complexity index is 716. The second-order valence-corrected chi connectivity index (χ2v) is 6.97. The highest BCUT2D eigenvalue weighted by atomic mass is 35.5. The third-order valence-electron chi connectivity index (χ3n) is 3.26. The number of hydrogen-bond donors (Lipinski definition) is 1. The number of benzene rings is 1. The van der Waals surface area contributed by atoms with Gasteiger partial charge in [-0.3, -0.25) is 4.79 Å². The van der Waals surface area contributed by atoms with Crippen LogP contribution in [0, 0.1) is 6.92 Å². The van der Waals surface area contributed by atoms with E-state index in [0.717, 1.165) is 10.7 Å². The van der Waals surface area contributed by atoms with Crippen LogP contribution in [0.4, 0.5) is 5.69 Å². The molecule has 0 spiro atoms. The first-order chi connectivity index (χ1) is 11.4. The van der Waals surface area contributed by atoms with Crippen LogP contribution in [0.25, 0.3) is 0 Å². The van der Waals surface area contributed by atoms with E-state index in [1.54, 1.807) is 25.3 Å². The van der Waals surface area contributed by atoms with Crippen molar-refractivity contribution in [3.05, 3.63) is 38.8 Å². The van der Waals surface area contributed by atoms with Crippen LogP contribution in [0.3, 0.4) is 0 Å². The fourth-order valence-corrected chi connectivity index (χ4v) is 3.23. The van der Waals surface area contributed by atoms with Crippen molar-refractivity contribution in [3.8, 4) is 5.75 Å². The van der Waals surface area contributed by atoms with Gasteiger partial charge < -0.3 is 14.8 Å². The Morgan fingerprint density at radius 1 is 1.38 bits per heavy atom. The number of nitrogens with zero attached hydrogens (tertiary/aromatic N) is 1. The summed E-state index contributed by atoms with van der Waals surface area (Å²) in [4.78, 5) is 17.7. The fourth-order valence-electron chi connectivity index (χ4n) is 2.04. The number of thiazole rings is 1. The van der Waals surface area contributed by atoms with Gasteiger partial charge in [0, 0.05) is 13.0 Å². The van der Waals surface area contributed by atoms with Gasteiger partial charge in [0.15, 0.2) is 5.75 Å². The maximum Gasteiger partial charge on any atom is 0.267 e. The van der Waals surface area contributed by atoms with Gasteiger partial charge in [0.25, 0.3) is 5.91 Å². The van der Waals surface area contributed by atoms with Gasteiger partial charge in [-0.25, -0.2) is 4.98 Å². The quantitative estimate of drug-likeness (QED) is 0.730. The van der Waals surface area contributed by atoms with E-state index >= 15 is 0 Å². The summed E-state index contributed by atoms with van der Waals surface area (Å²) in [5, 5.41) is 4.25. The highest BCUT2D eigenvalue weighted by molar-refractivity contribution is 7.14. The van der Waals surface area contributed by atoms with Crippen molar-refractivity contribution in [1.82, 2.24) is 4.98 Å². The fraction of sp³-hybridized carbons (Fsp3) is 0.412. The lowest BCUT2D eigenvalue weighted by Gasteiger charge is -2.13. The molecule has 1 N–H and O–H groups in total. The smallest absolute Gasteiger partial charge is 0.267 e. The third-order valence-corrected chi connectivity index (χ3v) is 5.02. The predicted molar refractivity (Wildman–Crippen MR) is 97.7 cm³/mol. The Hall–Kier alpha value is -1.63. The van der Waals surface area contributed by atoms with E-state index in [0.29, 0.717) is 34.6 Å². The molecule has 1 aromatic heterocycles. The second kappa shape index (κ2) is 8.46. The molecule has 130 valence electrons. The number of methoxy groups -OCH3 is 1. The van der Waals surface area contributed by atoms with E-state index in [9.17, 15) is 4.79 Å². The Morgan fingerprint density at radius 3 is 2.75 bits per heavy atom. The van der Waals surface area contributed by atoms with Crippen molar-refractivity contribution in [2.75, 3.05) is 25.6 Å². The first-order valence-corrected chi connectivity index (χ1v) is 8.82. The largest absolute Gasteiger partial charge is 0.487 e. The van der Waals surface area contributed by atoms with Crippen molar-refractivity contribution in [3.63, 3.8) is 0 Å². The standard InChI is InChI=1S/C17H21ClN2O3S/c1-10(2)17-19-11(3)15(24-17)16(21)20-13-7-5-6-12(18)14(13)23-9-8-22-4/h5-7,10H,8-9H2,1-4H3,(H,20,21). The third kappa shape index (κ3) is 4.47. The number of aromatic nitrogens is 1. The molecule has 0 atom stereocenters. The first kappa shape index (κ1) is 18.7. The number of rotatable bonds is 7. The van der Waals surface area contributed by atoms with Crippen LogP contribution < -0.4 is 10.1 Å². The number of halogens is 1. The van der Waals surface area contributed by atoms with Gasteiger partial charge in [-0.2, -0.15) is 0 Å². The number of nitrogens with one attached hydrogen (secondary N) is 1. The molecule has 2 rings (SSSR count). The van der Waals surface area contributed by atoms with Crippen molar-refractivity contribution in [2.45, 2.75) is 26.7 Å². The zero-order chi connectivity index (χ0) is 17.7. The minimum atomic E-state index is -0.212. The van der Waals surface area contributed by atoms with Crippen LogP contribution in [-0.4, -0.2) is 31.2 Å². The monoisotopic (exact) mass is 368 g/mol. The number of anilines is 1. The Balaban J connectivity index is 2.21. The molecule has 0 aliphatic carbocycles. The molecule has 1 aromatic carbocycles. The van der Waals surface area contributed by atoms with E-state index in [4.69, 9.17) is 21.1 Å². The van der Waals surface area contributed by atoms with Crippen LogP contribution in [0.5, 0.6) is 5.75 Å². The normalized spacial score (nSPS) is 10.9. The zero-order valence-corrected chi connectivity index (χ0v) is 15.8. The highest BCUT2D eigenvalue weighted by Crippen LogP contribution is 2.34. The van der Waals surface area contributed by atoms with Gasteiger partial charge in [-0.1, -0.05) is 31.5 Å². The Kier molecular flexibility index (Phi) is 6.60. The lowest BCUT2D eigenvalue weighted by Crippen LogP contribution is -2.14. The van der Waals surface area contributed by atoms with Gasteiger partial charge in [0.05, 0.1) is 28.0 Å². The van der Waals surface area contributed by atoms with Gasteiger partial charge in [-0.15, -0.1) is 11.3 Å². The summed E-state index contributed by atoms with van der Waals surface area (Å²) in [6.07, 6.45) is 0. The number of carbonyl (C=O) groups excluding carboxylic acids is 1. The molecule has 0 saturated heterocycles. The zero-order valence-electron chi connectivity index (χ0n) is 14.2. The average Bonchev–Trinajstić information content (AvgIpc) is 2.92. The maximum atomic E-state index is 12.6. The molecule has 0 saturated carbocycles. The Morgan fingerprint density at radius 2 is 2.12 bits per heavy atom. The van der Waals surface area contributed by atoms with E-state index in [2.05, 4.69) is 24.1 Å². The molecule has 0 unspecified atom stereocenters. The number of ether oxygens (including phenoxy) is 2. The number of hydrogen-bond acceptors (Lipinski definition) is 5. The molecule has 0 radical (unpaired) electrons. The summed E-state index contributed by atoms with van der Waals surface area (Å²) in [6.45, 7) is 6.73. The Labute approximate surface area is 151 Å². The summed E-state index contributed by atoms with van der Waals surface area (Å²) >= 11 is 7.60. The molecule has 0 aliphatic heterocycles. The SMILES string of the molecule is COCCOc1c(Cl)cccc1NC(=O)c1sc(C(C)C)nc1C.